The van der Waals surface area contributed by atoms with Gasteiger partial charge >= 0.3 is 0 Å². The Bertz CT molecular complexity index is 572. The first-order valence-corrected chi connectivity index (χ1v) is 7.01. The molecule has 0 fully saturated rings. The van der Waals surface area contributed by atoms with Crippen LogP contribution >= 0.6 is 0 Å². The quantitative estimate of drug-likeness (QED) is 0.860. The molecule has 0 aliphatic carbocycles. The van der Waals surface area contributed by atoms with Gasteiger partial charge in [-0.15, -0.1) is 0 Å². The van der Waals surface area contributed by atoms with Gasteiger partial charge in [0.2, 0.25) is 0 Å². The Hall–Kier alpha value is -1.60. The fourth-order valence-corrected chi connectivity index (χ4v) is 2.86. The lowest BCUT2D eigenvalue weighted by molar-refractivity contribution is 0.0911. The lowest BCUT2D eigenvalue weighted by Gasteiger charge is -2.07. The molecule has 1 aromatic rings. The Morgan fingerprint density at radius 2 is 2.33 bits per heavy atom. The Morgan fingerprint density at radius 1 is 1.56 bits per heavy atom. The Morgan fingerprint density at radius 3 is 2.94 bits per heavy atom. The van der Waals surface area contributed by atoms with Gasteiger partial charge in [0.25, 0.3) is 5.91 Å². The highest BCUT2D eigenvalue weighted by molar-refractivity contribution is 7.94. The number of hydrogen-bond acceptors (Lipinski definition) is 5. The first-order valence-electron chi connectivity index (χ1n) is 5.29. The topological polar surface area (TPSA) is 85.6 Å². The molecule has 1 aromatic heterocycles. The molecule has 1 amide bonds. The molecular weight excluding hydrogens is 258 g/mol. The van der Waals surface area contributed by atoms with Crippen molar-refractivity contribution in [1.29, 1.82) is 0 Å². The van der Waals surface area contributed by atoms with Crippen molar-refractivity contribution in [2.24, 2.45) is 0 Å². The summed E-state index contributed by atoms with van der Waals surface area (Å²) in [5.41, 5.74) is 0. The van der Waals surface area contributed by atoms with Crippen molar-refractivity contribution in [3.05, 3.63) is 35.1 Å². The van der Waals surface area contributed by atoms with Crippen LogP contribution < -0.4 is 5.32 Å². The van der Waals surface area contributed by atoms with Crippen LogP contribution in [0, 0.1) is 0 Å². The number of ether oxygens (including phenoxy) is 1. The van der Waals surface area contributed by atoms with Gasteiger partial charge in [-0.2, -0.15) is 0 Å². The molecule has 0 spiro atoms. The Labute approximate surface area is 105 Å². The standard InChI is InChI=1S/C11H13NO5S/c1-16-6-9-2-3-10(17-9)11(13)12-8-4-5-18(14,15)7-8/h2-5,8H,6-7H2,1H3,(H,12,13)/t8-/m0/s1. The molecule has 18 heavy (non-hydrogen) atoms. The van der Waals surface area contributed by atoms with E-state index in [0.29, 0.717) is 5.76 Å². The van der Waals surface area contributed by atoms with E-state index >= 15 is 0 Å². The molecule has 0 radical (unpaired) electrons. The van der Waals surface area contributed by atoms with Crippen LogP contribution in [0.2, 0.25) is 0 Å². The van der Waals surface area contributed by atoms with Crippen LogP contribution in [0.4, 0.5) is 0 Å². The highest BCUT2D eigenvalue weighted by atomic mass is 32.2. The first kappa shape index (κ1) is 12.8. The maximum absolute atomic E-state index is 11.8. The summed E-state index contributed by atoms with van der Waals surface area (Å²) in [6.07, 6.45) is 1.45. The minimum Gasteiger partial charge on any atom is -0.453 e. The number of methoxy groups -OCH3 is 1. The van der Waals surface area contributed by atoms with Gasteiger partial charge in [-0.1, -0.05) is 0 Å². The summed E-state index contributed by atoms with van der Waals surface area (Å²) in [5.74, 6) is 0.130. The molecule has 6 nitrogen and oxygen atoms in total. The number of carbonyl (C=O) groups excluding carboxylic acids is 1. The summed E-state index contributed by atoms with van der Waals surface area (Å²) < 4.78 is 32.4. The second kappa shape index (κ2) is 4.95. The van der Waals surface area contributed by atoms with Crippen LogP contribution in [-0.2, 0) is 21.2 Å². The van der Waals surface area contributed by atoms with Gasteiger partial charge in [0.15, 0.2) is 15.6 Å². The van der Waals surface area contributed by atoms with Crippen LogP contribution in [0.5, 0.6) is 0 Å². The van der Waals surface area contributed by atoms with E-state index < -0.39 is 21.8 Å². The van der Waals surface area contributed by atoms with E-state index in [0.717, 1.165) is 5.41 Å². The summed E-state index contributed by atoms with van der Waals surface area (Å²) in [5, 5.41) is 3.67. The zero-order valence-electron chi connectivity index (χ0n) is 9.75. The monoisotopic (exact) mass is 271 g/mol. The third-order valence-corrected chi connectivity index (χ3v) is 3.81. The molecule has 98 valence electrons. The van der Waals surface area contributed by atoms with Crippen molar-refractivity contribution in [1.82, 2.24) is 5.32 Å². The Balaban J connectivity index is 1.98. The molecule has 0 saturated carbocycles. The number of hydrogen-bond donors (Lipinski definition) is 1. The van der Waals surface area contributed by atoms with Crippen molar-refractivity contribution in [3.63, 3.8) is 0 Å². The van der Waals surface area contributed by atoms with Crippen LogP contribution in [-0.4, -0.2) is 33.2 Å². The minimum atomic E-state index is -3.17. The third-order valence-electron chi connectivity index (χ3n) is 2.42. The van der Waals surface area contributed by atoms with Crippen LogP contribution in [0.25, 0.3) is 0 Å². The smallest absolute Gasteiger partial charge is 0.287 e. The fraction of sp³-hybridized carbons (Fsp3) is 0.364. The normalized spacial score (nSPS) is 21.1. The van der Waals surface area contributed by atoms with E-state index in [9.17, 15) is 13.2 Å². The summed E-state index contributed by atoms with van der Waals surface area (Å²) >= 11 is 0. The van der Waals surface area contributed by atoms with Gasteiger partial charge in [-0.3, -0.25) is 4.79 Å². The number of rotatable bonds is 4. The summed E-state index contributed by atoms with van der Waals surface area (Å²) in [7, 11) is -1.65. The summed E-state index contributed by atoms with van der Waals surface area (Å²) in [6.45, 7) is 0.283. The first-order chi connectivity index (χ1) is 8.50. The van der Waals surface area contributed by atoms with Gasteiger partial charge in [-0.25, -0.2) is 8.42 Å². The molecule has 7 heteroatoms. The average Bonchev–Trinajstić information content (AvgIpc) is 2.86. The molecule has 1 aliphatic rings. The molecule has 2 heterocycles. The number of carbonyl (C=O) groups is 1. The predicted molar refractivity (Wildman–Crippen MR) is 63.6 cm³/mol. The van der Waals surface area contributed by atoms with Crippen molar-refractivity contribution < 1.29 is 22.4 Å². The minimum absolute atomic E-state index is 0.107. The average molecular weight is 271 g/mol. The molecule has 1 aliphatic heterocycles. The van der Waals surface area contributed by atoms with Crippen LogP contribution in [0.1, 0.15) is 16.3 Å². The molecule has 1 N–H and O–H groups in total. The van der Waals surface area contributed by atoms with E-state index in [2.05, 4.69) is 5.32 Å². The SMILES string of the molecule is COCc1ccc(C(=O)N[C@H]2C=CS(=O)(=O)C2)o1. The number of sulfone groups is 1. The van der Waals surface area contributed by atoms with E-state index in [-0.39, 0.29) is 18.1 Å². The summed E-state index contributed by atoms with van der Waals surface area (Å²) in [6, 6.07) is 2.66. The Kier molecular flexibility index (Phi) is 3.53. The molecule has 2 rings (SSSR count). The second-order valence-corrected chi connectivity index (χ2v) is 5.87. The molecule has 1 atom stereocenters. The molecule has 0 saturated heterocycles. The number of amides is 1. The zero-order chi connectivity index (χ0) is 13.2. The maximum Gasteiger partial charge on any atom is 0.287 e. The second-order valence-electron chi connectivity index (χ2n) is 3.94. The highest BCUT2D eigenvalue weighted by Crippen LogP contribution is 2.11. The van der Waals surface area contributed by atoms with Gasteiger partial charge in [-0.05, 0) is 18.2 Å². The molecule has 0 bridgehead atoms. The zero-order valence-corrected chi connectivity index (χ0v) is 10.6. The number of nitrogens with one attached hydrogen (secondary N) is 1. The fourth-order valence-electron chi connectivity index (χ4n) is 1.63. The third kappa shape index (κ3) is 2.99. The van der Waals surface area contributed by atoms with E-state index in [1.165, 1.54) is 19.3 Å². The van der Waals surface area contributed by atoms with E-state index in [1.807, 2.05) is 0 Å². The number of furan rings is 1. The van der Waals surface area contributed by atoms with Crippen LogP contribution in [0.3, 0.4) is 0 Å². The van der Waals surface area contributed by atoms with Gasteiger partial charge in [0, 0.05) is 12.5 Å². The van der Waals surface area contributed by atoms with E-state index in [4.69, 9.17) is 9.15 Å². The van der Waals surface area contributed by atoms with Crippen LogP contribution in [0.15, 0.2) is 28.0 Å². The van der Waals surface area contributed by atoms with Crippen molar-refractivity contribution >= 4 is 15.7 Å². The molecular formula is C11H13NO5S. The predicted octanol–water partition coefficient (Wildman–Crippen LogP) is 0.467. The lowest BCUT2D eigenvalue weighted by atomic mass is 10.3. The van der Waals surface area contributed by atoms with E-state index in [1.54, 1.807) is 6.07 Å². The van der Waals surface area contributed by atoms with Gasteiger partial charge in [0.1, 0.15) is 12.4 Å². The van der Waals surface area contributed by atoms with Crippen molar-refractivity contribution in [2.45, 2.75) is 12.6 Å². The van der Waals surface area contributed by atoms with Crippen molar-refractivity contribution in [3.8, 4) is 0 Å². The maximum atomic E-state index is 11.8. The van der Waals surface area contributed by atoms with Crippen molar-refractivity contribution in [2.75, 3.05) is 12.9 Å². The van der Waals surface area contributed by atoms with Gasteiger partial charge < -0.3 is 14.5 Å². The van der Waals surface area contributed by atoms with Gasteiger partial charge in [0.05, 0.1) is 11.8 Å². The molecule has 0 unspecified atom stereocenters. The molecule has 0 aromatic carbocycles. The lowest BCUT2D eigenvalue weighted by Crippen LogP contribution is -2.35. The highest BCUT2D eigenvalue weighted by Gasteiger charge is 2.24. The summed E-state index contributed by atoms with van der Waals surface area (Å²) in [4.78, 5) is 11.8. The largest absolute Gasteiger partial charge is 0.453 e.